The Labute approximate surface area is 214 Å². The minimum absolute atomic E-state index is 0.00217. The fourth-order valence-electron chi connectivity index (χ4n) is 4.55. The second-order valence-electron chi connectivity index (χ2n) is 8.92. The number of amides is 1. The summed E-state index contributed by atoms with van der Waals surface area (Å²) in [4.78, 5) is 24.2. The van der Waals surface area contributed by atoms with Crippen molar-refractivity contribution < 1.29 is 9.53 Å². The molecule has 2 saturated heterocycles. The Balaban J connectivity index is 1.70. The molecule has 1 amide bonds. The first-order valence-corrected chi connectivity index (χ1v) is 12.1. The molecule has 3 heterocycles. The van der Waals surface area contributed by atoms with Crippen molar-refractivity contribution in [2.75, 3.05) is 44.3 Å². The lowest BCUT2D eigenvalue weighted by Gasteiger charge is -2.36. The van der Waals surface area contributed by atoms with Gasteiger partial charge >= 0.3 is 0 Å². The van der Waals surface area contributed by atoms with Crippen LogP contribution in [0.4, 0.5) is 11.6 Å². The first kappa shape index (κ1) is 25.6. The van der Waals surface area contributed by atoms with E-state index in [1.807, 2.05) is 0 Å². The number of aromatic nitrogens is 2. The zero-order chi connectivity index (χ0) is 25.2. The highest BCUT2D eigenvalue weighted by Crippen LogP contribution is 2.36. The van der Waals surface area contributed by atoms with Crippen molar-refractivity contribution in [3.05, 3.63) is 45.7 Å². The number of nitrogens with zero attached hydrogens (tertiary/aromatic N) is 5. The van der Waals surface area contributed by atoms with Crippen LogP contribution < -0.4 is 16.5 Å². The molecule has 0 spiro atoms. The molecule has 10 nitrogen and oxygen atoms in total. The molecule has 2 fully saturated rings. The Morgan fingerprint density at radius 1 is 1.37 bits per heavy atom. The van der Waals surface area contributed by atoms with Gasteiger partial charge in [-0.15, -0.1) is 0 Å². The number of halogens is 2. The largest absolute Gasteiger partial charge is 0.368 e. The molecular weight excluding hydrogens is 491 g/mol. The summed E-state index contributed by atoms with van der Waals surface area (Å²) >= 11 is 12.5. The molecule has 0 aliphatic carbocycles. The molecule has 2 aliphatic rings. The van der Waals surface area contributed by atoms with Crippen LogP contribution in [0.5, 0.6) is 0 Å². The summed E-state index contributed by atoms with van der Waals surface area (Å²) < 4.78 is 6.27. The van der Waals surface area contributed by atoms with Crippen LogP contribution in [0, 0.1) is 11.3 Å². The third-order valence-corrected chi connectivity index (χ3v) is 7.02. The molecule has 2 atom stereocenters. The van der Waals surface area contributed by atoms with Crippen LogP contribution >= 0.6 is 23.2 Å². The number of para-hydroxylation sites is 1. The molecule has 0 radical (unpaired) electrons. The predicted molar refractivity (Wildman–Crippen MR) is 134 cm³/mol. The van der Waals surface area contributed by atoms with Gasteiger partial charge in [0.25, 0.3) is 5.91 Å². The molecule has 12 heteroatoms. The zero-order valence-electron chi connectivity index (χ0n) is 19.6. The number of nitrogens with one attached hydrogen (secondary N) is 2. The van der Waals surface area contributed by atoms with Gasteiger partial charge in [0.1, 0.15) is 11.7 Å². The normalized spacial score (nSPS) is 22.6. The van der Waals surface area contributed by atoms with E-state index in [9.17, 15) is 10.1 Å². The number of anilines is 2. The van der Waals surface area contributed by atoms with Crippen molar-refractivity contribution in [2.24, 2.45) is 0 Å². The number of hydrogen-bond donors (Lipinski definition) is 3. The molecule has 2 aliphatic heterocycles. The topological polar surface area (TPSA) is 132 Å². The minimum atomic E-state index is -1.10. The second-order valence-corrected chi connectivity index (χ2v) is 9.74. The fraction of sp³-hybridized carbons (Fsp3) is 0.478. The summed E-state index contributed by atoms with van der Waals surface area (Å²) in [6.07, 6.45) is 2.58. The van der Waals surface area contributed by atoms with Crippen molar-refractivity contribution in [3.63, 3.8) is 0 Å². The molecule has 0 saturated carbocycles. The number of rotatable bonds is 6. The van der Waals surface area contributed by atoms with E-state index in [0.29, 0.717) is 28.8 Å². The maximum atomic E-state index is 13.4. The fourth-order valence-corrected chi connectivity index (χ4v) is 5.04. The van der Waals surface area contributed by atoms with Crippen LogP contribution in [-0.4, -0.2) is 71.2 Å². The van der Waals surface area contributed by atoms with Gasteiger partial charge in [0, 0.05) is 25.3 Å². The number of benzene rings is 1. The van der Waals surface area contributed by atoms with Gasteiger partial charge in [-0.3, -0.25) is 10.2 Å². The van der Waals surface area contributed by atoms with Crippen LogP contribution in [0.2, 0.25) is 10.0 Å². The number of piperidine rings is 1. The lowest BCUT2D eigenvalue weighted by Crippen LogP contribution is -2.47. The smallest absolute Gasteiger partial charge is 0.259 e. The highest BCUT2D eigenvalue weighted by atomic mass is 35.5. The minimum Gasteiger partial charge on any atom is -0.368 e. The summed E-state index contributed by atoms with van der Waals surface area (Å²) in [5, 5.41) is 15.0. The van der Waals surface area contributed by atoms with Gasteiger partial charge < -0.3 is 20.7 Å². The van der Waals surface area contributed by atoms with E-state index in [4.69, 9.17) is 33.7 Å². The number of carbonyl (C=O) groups excluding carboxylic acids is 1. The summed E-state index contributed by atoms with van der Waals surface area (Å²) in [7, 11) is 2.11. The van der Waals surface area contributed by atoms with E-state index in [1.165, 1.54) is 6.20 Å². The third kappa shape index (κ3) is 5.51. The molecule has 2 aromatic rings. The second kappa shape index (κ2) is 10.6. The molecule has 186 valence electrons. The Morgan fingerprint density at radius 3 is 2.71 bits per heavy atom. The van der Waals surface area contributed by atoms with Crippen molar-refractivity contribution in [1.82, 2.24) is 25.3 Å². The van der Waals surface area contributed by atoms with Gasteiger partial charge in [-0.25, -0.2) is 15.0 Å². The Hall–Kier alpha value is -2.52. The molecular formula is C23H28Cl2N8O2. The summed E-state index contributed by atoms with van der Waals surface area (Å²) in [5.41, 5.74) is 9.01. The van der Waals surface area contributed by atoms with E-state index >= 15 is 0 Å². The Morgan fingerprint density at radius 2 is 2.06 bits per heavy atom. The third-order valence-electron chi connectivity index (χ3n) is 6.39. The quantitative estimate of drug-likeness (QED) is 0.527. The van der Waals surface area contributed by atoms with Crippen LogP contribution in [0.25, 0.3) is 0 Å². The van der Waals surface area contributed by atoms with Gasteiger partial charge in [0.15, 0.2) is 0 Å². The SMILES string of the molecule is CC(C#N)OC1(c2nc(N)ncc2C(=O)Nc2c(Cl)cccc2Cl)CNN(C2CCN(C)CC2)C1. The van der Waals surface area contributed by atoms with E-state index in [0.717, 1.165) is 25.9 Å². The van der Waals surface area contributed by atoms with Crippen LogP contribution in [0.15, 0.2) is 24.4 Å². The van der Waals surface area contributed by atoms with E-state index in [2.05, 4.69) is 43.7 Å². The number of hydrogen-bond acceptors (Lipinski definition) is 9. The van der Waals surface area contributed by atoms with E-state index in [1.54, 1.807) is 25.1 Å². The molecule has 2 unspecified atom stereocenters. The van der Waals surface area contributed by atoms with Gasteiger partial charge in [-0.2, -0.15) is 5.26 Å². The molecule has 4 N–H and O–H groups in total. The number of ether oxygens (including phenoxy) is 1. The lowest BCUT2D eigenvalue weighted by molar-refractivity contribution is -0.0621. The van der Waals surface area contributed by atoms with Crippen LogP contribution in [-0.2, 0) is 10.3 Å². The van der Waals surface area contributed by atoms with Gasteiger partial charge in [-0.05, 0) is 52.0 Å². The molecule has 35 heavy (non-hydrogen) atoms. The average Bonchev–Trinajstić information content (AvgIpc) is 3.26. The van der Waals surface area contributed by atoms with Crippen molar-refractivity contribution in [2.45, 2.75) is 37.5 Å². The molecule has 0 bridgehead atoms. The van der Waals surface area contributed by atoms with Crippen molar-refractivity contribution in [3.8, 4) is 6.07 Å². The summed E-state index contributed by atoms with van der Waals surface area (Å²) in [5.74, 6) is -0.516. The Kier molecular flexibility index (Phi) is 7.76. The first-order chi connectivity index (χ1) is 16.7. The first-order valence-electron chi connectivity index (χ1n) is 11.4. The van der Waals surface area contributed by atoms with Crippen LogP contribution in [0.1, 0.15) is 35.8 Å². The number of nitriles is 1. The van der Waals surface area contributed by atoms with Gasteiger partial charge in [0.05, 0.1) is 33.1 Å². The maximum Gasteiger partial charge on any atom is 0.259 e. The van der Waals surface area contributed by atoms with Crippen molar-refractivity contribution in [1.29, 1.82) is 5.26 Å². The monoisotopic (exact) mass is 518 g/mol. The number of likely N-dealkylation sites (tertiary alicyclic amines) is 1. The molecule has 1 aromatic carbocycles. The molecule has 1 aromatic heterocycles. The van der Waals surface area contributed by atoms with Gasteiger partial charge in [0.2, 0.25) is 5.95 Å². The molecule has 4 rings (SSSR count). The Bertz CT molecular complexity index is 1110. The van der Waals surface area contributed by atoms with Gasteiger partial charge in [-0.1, -0.05) is 29.3 Å². The highest BCUT2D eigenvalue weighted by Gasteiger charge is 2.48. The maximum absolute atomic E-state index is 13.4. The number of hydrazine groups is 1. The zero-order valence-corrected chi connectivity index (χ0v) is 21.1. The van der Waals surface area contributed by atoms with Crippen molar-refractivity contribution >= 4 is 40.7 Å². The predicted octanol–water partition coefficient (Wildman–Crippen LogP) is 2.66. The van der Waals surface area contributed by atoms with E-state index in [-0.39, 0.29) is 23.2 Å². The standard InChI is InChI=1S/C23H28Cl2N8O2/c1-14(10-26)35-23(12-29-33(13-23)15-6-8-32(2)9-7-15)20-16(11-28-22(27)31-20)21(34)30-19-17(24)4-3-5-18(19)25/h3-5,11,14-15,29H,6-9,12-13H2,1-2H3,(H,30,34)(H2,27,28,31). The van der Waals surface area contributed by atoms with E-state index < -0.39 is 17.6 Å². The number of carbonyl (C=O) groups is 1. The lowest BCUT2D eigenvalue weighted by atomic mass is 9.94. The highest BCUT2D eigenvalue weighted by molar-refractivity contribution is 6.40. The number of nitrogens with two attached hydrogens (primary N) is 1. The number of nitrogen functional groups attached to an aromatic ring is 1. The summed E-state index contributed by atoms with van der Waals surface area (Å²) in [6.45, 7) is 4.33. The van der Waals surface area contributed by atoms with Crippen LogP contribution in [0.3, 0.4) is 0 Å². The average molecular weight is 519 g/mol. The summed E-state index contributed by atoms with van der Waals surface area (Å²) in [6, 6.07) is 7.35.